The van der Waals surface area contributed by atoms with Crippen LogP contribution in [0.25, 0.3) is 0 Å². The third kappa shape index (κ3) is 4.78. The van der Waals surface area contributed by atoms with E-state index in [9.17, 15) is 9.59 Å². The molecule has 6 nitrogen and oxygen atoms in total. The third-order valence-corrected chi connectivity index (χ3v) is 2.05. The smallest absolute Gasteiger partial charge is 0.246 e. The van der Waals surface area contributed by atoms with Crippen LogP contribution in [-0.4, -0.2) is 22.2 Å². The Kier molecular flexibility index (Phi) is 6.69. The molecule has 6 heteroatoms. The van der Waals surface area contributed by atoms with Gasteiger partial charge in [0.05, 0.1) is 0 Å². The highest BCUT2D eigenvalue weighted by Crippen LogP contribution is 2.12. The zero-order valence-electron chi connectivity index (χ0n) is 8.12. The zero-order chi connectivity index (χ0) is 11.0. The molecule has 0 rings (SSSR count). The van der Waals surface area contributed by atoms with Crippen LogP contribution in [0.2, 0.25) is 0 Å². The van der Waals surface area contributed by atoms with Crippen molar-refractivity contribution in [1.29, 1.82) is 0 Å². The Labute approximate surface area is 82.2 Å². The first-order valence-corrected chi connectivity index (χ1v) is 4.52. The van der Waals surface area contributed by atoms with E-state index in [1.165, 1.54) is 5.48 Å². The fraction of sp³-hybridized carbons (Fsp3) is 0.750. The van der Waals surface area contributed by atoms with E-state index in [2.05, 4.69) is 0 Å². The van der Waals surface area contributed by atoms with Gasteiger partial charge in [-0.25, -0.2) is 11.0 Å². The lowest BCUT2D eigenvalue weighted by Gasteiger charge is -2.11. The average Bonchev–Trinajstić information content (AvgIpc) is 2.22. The standard InChI is InChI=1S/C8H16N2O4/c1-2-6(8(12)10-14)4-3-5-7(11)9-13/h6,13-14H,2-5H2,1H3,(H,9,11)(H,10,12). The second-order valence-electron chi connectivity index (χ2n) is 3.01. The summed E-state index contributed by atoms with van der Waals surface area (Å²) in [7, 11) is 0. The number of carbonyl (C=O) groups is 2. The summed E-state index contributed by atoms with van der Waals surface area (Å²) in [4.78, 5) is 21.6. The van der Waals surface area contributed by atoms with Gasteiger partial charge in [-0.1, -0.05) is 6.92 Å². The molecule has 1 unspecified atom stereocenters. The summed E-state index contributed by atoms with van der Waals surface area (Å²) in [5, 5.41) is 16.6. The molecule has 0 heterocycles. The van der Waals surface area contributed by atoms with Crippen LogP contribution in [0.15, 0.2) is 0 Å². The molecule has 2 amide bonds. The van der Waals surface area contributed by atoms with Crippen LogP contribution in [0.4, 0.5) is 0 Å². The summed E-state index contributed by atoms with van der Waals surface area (Å²) in [6, 6.07) is 0. The topological polar surface area (TPSA) is 98.7 Å². The number of rotatable bonds is 6. The van der Waals surface area contributed by atoms with Crippen LogP contribution >= 0.6 is 0 Å². The van der Waals surface area contributed by atoms with Crippen molar-refractivity contribution in [3.8, 4) is 0 Å². The van der Waals surface area contributed by atoms with Crippen molar-refractivity contribution in [3.05, 3.63) is 0 Å². The van der Waals surface area contributed by atoms with Crippen LogP contribution in [0, 0.1) is 5.92 Å². The lowest BCUT2D eigenvalue weighted by Crippen LogP contribution is -2.27. The van der Waals surface area contributed by atoms with Crippen molar-refractivity contribution in [3.63, 3.8) is 0 Å². The SMILES string of the molecule is CCC(CCCC(=O)NO)C(=O)NO. The van der Waals surface area contributed by atoms with Crippen LogP contribution in [0.3, 0.4) is 0 Å². The summed E-state index contributed by atoms with van der Waals surface area (Å²) in [6.45, 7) is 1.83. The first-order valence-electron chi connectivity index (χ1n) is 4.52. The Bertz CT molecular complexity index is 196. The maximum absolute atomic E-state index is 11.0. The van der Waals surface area contributed by atoms with Crippen molar-refractivity contribution < 1.29 is 20.0 Å². The summed E-state index contributed by atoms with van der Waals surface area (Å²) in [6.07, 6.45) is 1.79. The van der Waals surface area contributed by atoms with Gasteiger partial charge in [0.15, 0.2) is 0 Å². The Hall–Kier alpha value is -1.14. The van der Waals surface area contributed by atoms with E-state index in [1.54, 1.807) is 5.48 Å². The highest BCUT2D eigenvalue weighted by molar-refractivity contribution is 5.77. The fourth-order valence-electron chi connectivity index (χ4n) is 1.18. The average molecular weight is 204 g/mol. The molecule has 0 fully saturated rings. The first kappa shape index (κ1) is 12.9. The third-order valence-electron chi connectivity index (χ3n) is 2.05. The predicted octanol–water partition coefficient (Wildman–Crippen LogP) is 0.194. The van der Waals surface area contributed by atoms with Crippen LogP contribution in [-0.2, 0) is 9.59 Å². The molecule has 0 bridgehead atoms. The molecular formula is C8H16N2O4. The quantitative estimate of drug-likeness (QED) is 0.366. The van der Waals surface area contributed by atoms with E-state index in [4.69, 9.17) is 10.4 Å². The lowest BCUT2D eigenvalue weighted by atomic mass is 9.98. The number of amides is 2. The second kappa shape index (κ2) is 7.28. The van der Waals surface area contributed by atoms with E-state index in [0.717, 1.165) is 0 Å². The first-order chi connectivity index (χ1) is 6.65. The summed E-state index contributed by atoms with van der Waals surface area (Å²) in [5.41, 5.74) is 3.09. The minimum absolute atomic E-state index is 0.172. The molecule has 0 aliphatic carbocycles. The molecule has 0 saturated heterocycles. The number of hydroxylamine groups is 2. The Balaban J connectivity index is 3.73. The second-order valence-corrected chi connectivity index (χ2v) is 3.01. The monoisotopic (exact) mass is 204 g/mol. The van der Waals surface area contributed by atoms with Gasteiger partial charge in [0.1, 0.15) is 0 Å². The largest absolute Gasteiger partial charge is 0.289 e. The Morgan fingerprint density at radius 1 is 1.29 bits per heavy atom. The predicted molar refractivity (Wildman–Crippen MR) is 47.5 cm³/mol. The van der Waals surface area contributed by atoms with Crippen molar-refractivity contribution in [2.45, 2.75) is 32.6 Å². The van der Waals surface area contributed by atoms with E-state index in [1.807, 2.05) is 6.92 Å². The minimum Gasteiger partial charge on any atom is -0.289 e. The van der Waals surface area contributed by atoms with Crippen molar-refractivity contribution in [1.82, 2.24) is 11.0 Å². The molecule has 1 atom stereocenters. The fourth-order valence-corrected chi connectivity index (χ4v) is 1.18. The highest BCUT2D eigenvalue weighted by Gasteiger charge is 2.15. The molecule has 14 heavy (non-hydrogen) atoms. The van der Waals surface area contributed by atoms with Gasteiger partial charge in [-0.2, -0.15) is 0 Å². The van der Waals surface area contributed by atoms with Crippen LogP contribution < -0.4 is 11.0 Å². The molecule has 0 aliphatic heterocycles. The molecule has 0 aromatic rings. The van der Waals surface area contributed by atoms with Crippen LogP contribution in [0.1, 0.15) is 32.6 Å². The van der Waals surface area contributed by atoms with Gasteiger partial charge < -0.3 is 0 Å². The number of carbonyl (C=O) groups excluding carboxylic acids is 2. The normalized spacial score (nSPS) is 11.9. The molecule has 4 N–H and O–H groups in total. The van der Waals surface area contributed by atoms with Crippen molar-refractivity contribution in [2.75, 3.05) is 0 Å². The van der Waals surface area contributed by atoms with Gasteiger partial charge >= 0.3 is 0 Å². The molecule has 0 aromatic heterocycles. The van der Waals surface area contributed by atoms with E-state index in [-0.39, 0.29) is 12.3 Å². The van der Waals surface area contributed by atoms with Crippen molar-refractivity contribution in [2.24, 2.45) is 5.92 Å². The molecule has 82 valence electrons. The maximum atomic E-state index is 11.0. The molecule has 0 spiro atoms. The van der Waals surface area contributed by atoms with Gasteiger partial charge in [0.2, 0.25) is 11.8 Å². The molecule has 0 aliphatic rings. The Morgan fingerprint density at radius 2 is 1.93 bits per heavy atom. The number of hydrogen-bond acceptors (Lipinski definition) is 4. The van der Waals surface area contributed by atoms with Gasteiger partial charge in [0, 0.05) is 12.3 Å². The lowest BCUT2D eigenvalue weighted by molar-refractivity contribution is -0.134. The zero-order valence-corrected chi connectivity index (χ0v) is 8.12. The van der Waals surface area contributed by atoms with Gasteiger partial charge in [-0.3, -0.25) is 20.0 Å². The summed E-state index contributed by atoms with van der Waals surface area (Å²) >= 11 is 0. The van der Waals surface area contributed by atoms with E-state index in [0.29, 0.717) is 19.3 Å². The molecular weight excluding hydrogens is 188 g/mol. The Morgan fingerprint density at radius 3 is 2.36 bits per heavy atom. The van der Waals surface area contributed by atoms with Gasteiger partial charge in [-0.15, -0.1) is 0 Å². The summed E-state index contributed by atoms with van der Waals surface area (Å²) in [5.74, 6) is -1.19. The highest BCUT2D eigenvalue weighted by atomic mass is 16.5. The molecule has 0 aromatic carbocycles. The van der Waals surface area contributed by atoms with E-state index >= 15 is 0 Å². The van der Waals surface area contributed by atoms with Crippen molar-refractivity contribution >= 4 is 11.8 Å². The van der Waals surface area contributed by atoms with Gasteiger partial charge in [0.25, 0.3) is 0 Å². The summed E-state index contributed by atoms with van der Waals surface area (Å²) < 4.78 is 0. The number of hydrogen-bond donors (Lipinski definition) is 4. The molecule has 0 saturated carbocycles. The van der Waals surface area contributed by atoms with E-state index < -0.39 is 11.8 Å². The van der Waals surface area contributed by atoms with Crippen LogP contribution in [0.5, 0.6) is 0 Å². The number of nitrogens with one attached hydrogen (secondary N) is 2. The molecule has 0 radical (unpaired) electrons. The van der Waals surface area contributed by atoms with Gasteiger partial charge in [-0.05, 0) is 19.3 Å². The maximum Gasteiger partial charge on any atom is 0.246 e. The minimum atomic E-state index is -0.468.